The van der Waals surface area contributed by atoms with E-state index >= 15 is 0 Å². The summed E-state index contributed by atoms with van der Waals surface area (Å²) in [6, 6.07) is 1.73. The molecule has 0 amide bonds. The molecule has 1 aliphatic heterocycles. The van der Waals surface area contributed by atoms with Crippen LogP contribution in [0, 0.1) is 23.4 Å². The van der Waals surface area contributed by atoms with Crippen LogP contribution in [-0.4, -0.2) is 19.8 Å². The Hall–Kier alpha value is -1.07. The lowest BCUT2D eigenvalue weighted by Gasteiger charge is -2.26. The number of rotatable bonds is 3. The predicted octanol–water partition coefficient (Wildman–Crippen LogP) is 2.79. The molecule has 0 radical (unpaired) electrons. The Morgan fingerprint density at radius 1 is 1.28 bits per heavy atom. The molecule has 0 bridgehead atoms. The van der Waals surface area contributed by atoms with E-state index in [9.17, 15) is 13.2 Å². The third-order valence-corrected chi connectivity index (χ3v) is 3.48. The van der Waals surface area contributed by atoms with Crippen molar-refractivity contribution in [1.29, 1.82) is 0 Å². The molecule has 1 aromatic carbocycles. The highest BCUT2D eigenvalue weighted by Crippen LogP contribution is 2.33. The lowest BCUT2D eigenvalue weighted by atomic mass is 9.92. The molecule has 1 saturated heterocycles. The molecule has 1 aromatic rings. The number of benzene rings is 1. The second-order valence-corrected chi connectivity index (χ2v) is 4.63. The molecule has 2 nitrogen and oxygen atoms in total. The average Bonchev–Trinajstić information content (AvgIpc) is 2.77. The van der Waals surface area contributed by atoms with Crippen LogP contribution < -0.4 is 5.32 Å². The summed E-state index contributed by atoms with van der Waals surface area (Å²) >= 11 is 0. The summed E-state index contributed by atoms with van der Waals surface area (Å²) in [5.41, 5.74) is 0.107. The van der Waals surface area contributed by atoms with Gasteiger partial charge in [-0.1, -0.05) is 13.0 Å². The zero-order valence-electron chi connectivity index (χ0n) is 10.3. The van der Waals surface area contributed by atoms with Crippen molar-refractivity contribution in [3.8, 4) is 0 Å². The number of halogens is 3. The van der Waals surface area contributed by atoms with E-state index in [2.05, 4.69) is 5.32 Å². The maximum absolute atomic E-state index is 13.8. The lowest BCUT2D eigenvalue weighted by Crippen LogP contribution is -2.33. The third kappa shape index (κ3) is 2.24. The van der Waals surface area contributed by atoms with Crippen LogP contribution in [0.5, 0.6) is 0 Å². The minimum Gasteiger partial charge on any atom is -0.376 e. The van der Waals surface area contributed by atoms with E-state index in [4.69, 9.17) is 4.74 Å². The molecule has 1 aliphatic rings. The Kier molecular flexibility index (Phi) is 3.92. The molecule has 3 unspecified atom stereocenters. The molecular weight excluding hydrogens is 243 g/mol. The van der Waals surface area contributed by atoms with Crippen molar-refractivity contribution in [3.05, 3.63) is 35.1 Å². The minimum atomic E-state index is -1.43. The first-order chi connectivity index (χ1) is 8.56. The quantitative estimate of drug-likeness (QED) is 0.843. The van der Waals surface area contributed by atoms with Gasteiger partial charge in [0.15, 0.2) is 17.5 Å². The number of ether oxygens (including phenoxy) is 1. The molecule has 3 atom stereocenters. The molecule has 18 heavy (non-hydrogen) atoms. The van der Waals surface area contributed by atoms with Crippen LogP contribution in [0.15, 0.2) is 12.1 Å². The maximum Gasteiger partial charge on any atom is 0.194 e. The van der Waals surface area contributed by atoms with Gasteiger partial charge >= 0.3 is 0 Å². The maximum atomic E-state index is 13.8. The first kappa shape index (κ1) is 13.4. The van der Waals surface area contributed by atoms with Gasteiger partial charge in [0, 0.05) is 12.2 Å². The largest absolute Gasteiger partial charge is 0.376 e. The summed E-state index contributed by atoms with van der Waals surface area (Å²) in [7, 11) is 1.65. The molecule has 0 aliphatic carbocycles. The van der Waals surface area contributed by atoms with Crippen molar-refractivity contribution in [2.45, 2.75) is 25.5 Å². The second kappa shape index (κ2) is 5.28. The van der Waals surface area contributed by atoms with Gasteiger partial charge in [0.1, 0.15) is 0 Å². The van der Waals surface area contributed by atoms with E-state index in [0.29, 0.717) is 6.61 Å². The summed E-state index contributed by atoms with van der Waals surface area (Å²) < 4.78 is 45.5. The van der Waals surface area contributed by atoms with Gasteiger partial charge < -0.3 is 10.1 Å². The van der Waals surface area contributed by atoms with Crippen molar-refractivity contribution in [2.75, 3.05) is 13.7 Å². The van der Waals surface area contributed by atoms with Gasteiger partial charge in [-0.3, -0.25) is 0 Å². The first-order valence-electron chi connectivity index (χ1n) is 5.98. The highest BCUT2D eigenvalue weighted by Gasteiger charge is 2.34. The molecule has 1 fully saturated rings. The van der Waals surface area contributed by atoms with Gasteiger partial charge in [-0.2, -0.15) is 0 Å². The number of likely N-dealkylation sites (N-methyl/N-ethyl adjacent to an activating group) is 1. The summed E-state index contributed by atoms with van der Waals surface area (Å²) in [4.78, 5) is 0. The minimum absolute atomic E-state index is 0.107. The SMILES string of the molecule is CNC(c1ccc(F)c(F)c1F)C1OCCC1C. The summed E-state index contributed by atoms with van der Waals surface area (Å²) in [5, 5.41) is 2.92. The molecule has 5 heteroatoms. The van der Waals surface area contributed by atoms with Crippen molar-refractivity contribution in [3.63, 3.8) is 0 Å². The molecule has 1 N–H and O–H groups in total. The van der Waals surface area contributed by atoms with Gasteiger partial charge in [-0.05, 0) is 25.5 Å². The molecular formula is C13H16F3NO. The van der Waals surface area contributed by atoms with Gasteiger partial charge in [0.25, 0.3) is 0 Å². The van der Waals surface area contributed by atoms with E-state index < -0.39 is 23.5 Å². The van der Waals surface area contributed by atoms with Crippen LogP contribution in [0.25, 0.3) is 0 Å². The van der Waals surface area contributed by atoms with E-state index in [-0.39, 0.29) is 17.6 Å². The Morgan fingerprint density at radius 2 is 2.00 bits per heavy atom. The molecule has 0 saturated carbocycles. The molecule has 100 valence electrons. The van der Waals surface area contributed by atoms with Crippen molar-refractivity contribution < 1.29 is 17.9 Å². The average molecular weight is 259 g/mol. The summed E-state index contributed by atoms with van der Waals surface area (Å²) in [6.45, 7) is 2.61. The topological polar surface area (TPSA) is 21.3 Å². The van der Waals surface area contributed by atoms with Gasteiger partial charge in [-0.15, -0.1) is 0 Å². The van der Waals surface area contributed by atoms with Crippen LogP contribution in [0.2, 0.25) is 0 Å². The van der Waals surface area contributed by atoms with Crippen molar-refractivity contribution in [2.24, 2.45) is 5.92 Å². The number of hydrogen-bond donors (Lipinski definition) is 1. The molecule has 0 spiro atoms. The van der Waals surface area contributed by atoms with Gasteiger partial charge in [0.05, 0.1) is 12.1 Å². The highest BCUT2D eigenvalue weighted by molar-refractivity contribution is 5.25. The third-order valence-electron chi connectivity index (χ3n) is 3.48. The van der Waals surface area contributed by atoms with E-state index in [0.717, 1.165) is 12.5 Å². The molecule has 0 aromatic heterocycles. The fraction of sp³-hybridized carbons (Fsp3) is 0.538. The predicted molar refractivity (Wildman–Crippen MR) is 61.6 cm³/mol. The first-order valence-corrected chi connectivity index (χ1v) is 5.98. The second-order valence-electron chi connectivity index (χ2n) is 4.63. The molecule has 1 heterocycles. The van der Waals surface area contributed by atoms with Crippen molar-refractivity contribution in [1.82, 2.24) is 5.32 Å². The van der Waals surface area contributed by atoms with E-state index in [1.807, 2.05) is 6.92 Å². The Bertz CT molecular complexity index is 438. The lowest BCUT2D eigenvalue weighted by molar-refractivity contribution is 0.0617. The Labute approximate surface area is 104 Å². The smallest absolute Gasteiger partial charge is 0.194 e. The van der Waals surface area contributed by atoms with Gasteiger partial charge in [-0.25, -0.2) is 13.2 Å². The summed E-state index contributed by atoms with van der Waals surface area (Å²) in [6.07, 6.45) is 0.656. The fourth-order valence-corrected chi connectivity index (χ4v) is 2.42. The van der Waals surface area contributed by atoms with Crippen LogP contribution in [0.4, 0.5) is 13.2 Å². The normalized spacial score (nSPS) is 25.4. The van der Waals surface area contributed by atoms with Crippen LogP contribution in [0.1, 0.15) is 24.9 Å². The molecule has 2 rings (SSSR count). The monoisotopic (exact) mass is 259 g/mol. The highest BCUT2D eigenvalue weighted by atomic mass is 19.2. The van der Waals surface area contributed by atoms with Crippen LogP contribution in [0.3, 0.4) is 0 Å². The number of nitrogens with one attached hydrogen (secondary N) is 1. The van der Waals surface area contributed by atoms with Crippen LogP contribution in [-0.2, 0) is 4.74 Å². The zero-order valence-corrected chi connectivity index (χ0v) is 10.3. The standard InChI is InChI=1S/C13H16F3NO/c1-7-5-6-18-13(7)12(17-2)8-3-4-9(14)11(16)10(8)15/h3-4,7,12-13,17H,5-6H2,1-2H3. The van der Waals surface area contributed by atoms with E-state index in [1.165, 1.54) is 6.07 Å². The van der Waals surface area contributed by atoms with Gasteiger partial charge in [0.2, 0.25) is 0 Å². The summed E-state index contributed by atoms with van der Waals surface area (Å²) in [5.74, 6) is -3.50. The fourth-order valence-electron chi connectivity index (χ4n) is 2.42. The Morgan fingerprint density at radius 3 is 2.56 bits per heavy atom. The number of hydrogen-bond acceptors (Lipinski definition) is 2. The Balaban J connectivity index is 2.36. The van der Waals surface area contributed by atoms with Crippen LogP contribution >= 0.6 is 0 Å². The zero-order chi connectivity index (χ0) is 13.3. The van der Waals surface area contributed by atoms with E-state index in [1.54, 1.807) is 7.05 Å². The van der Waals surface area contributed by atoms with Crippen molar-refractivity contribution >= 4 is 0 Å².